The maximum atomic E-state index is 12.9. The van der Waals surface area contributed by atoms with Crippen LogP contribution in [0.4, 0.5) is 0 Å². The number of aromatic nitrogens is 1. The van der Waals surface area contributed by atoms with Crippen LogP contribution in [0.2, 0.25) is 10.0 Å². The minimum absolute atomic E-state index is 0.0325. The summed E-state index contributed by atoms with van der Waals surface area (Å²) in [6.07, 6.45) is 7.77. The fourth-order valence-corrected chi connectivity index (χ4v) is 3.48. The molecule has 7 heteroatoms. The van der Waals surface area contributed by atoms with Crippen LogP contribution in [-0.4, -0.2) is 60.1 Å². The van der Waals surface area contributed by atoms with Gasteiger partial charge in [-0.25, -0.2) is 0 Å². The number of pyridine rings is 1. The van der Waals surface area contributed by atoms with Crippen molar-refractivity contribution in [2.45, 2.75) is 13.0 Å². The fourth-order valence-electron chi connectivity index (χ4n) is 3.17. The van der Waals surface area contributed by atoms with Gasteiger partial charge in [-0.05, 0) is 47.9 Å². The molecule has 154 valence electrons. The van der Waals surface area contributed by atoms with Crippen LogP contribution in [0.1, 0.15) is 17.5 Å². The van der Waals surface area contributed by atoms with Gasteiger partial charge in [0.25, 0.3) is 0 Å². The number of benzene rings is 1. The molecule has 0 saturated carbocycles. The van der Waals surface area contributed by atoms with Crippen molar-refractivity contribution in [1.82, 2.24) is 14.8 Å². The predicted octanol–water partition coefficient (Wildman–Crippen LogP) is 4.15. The molecule has 0 N–H and O–H groups in total. The first-order valence-electron chi connectivity index (χ1n) is 9.73. The van der Waals surface area contributed by atoms with Gasteiger partial charge in [0.1, 0.15) is 0 Å². The molecule has 5 nitrogen and oxygen atoms in total. The topological polar surface area (TPSA) is 45.7 Å². The number of ether oxygens (including phenoxy) is 1. The number of morpholine rings is 1. The largest absolute Gasteiger partial charge is 0.379 e. The second-order valence-corrected chi connectivity index (χ2v) is 7.74. The summed E-state index contributed by atoms with van der Waals surface area (Å²) in [5.41, 5.74) is 1.90. The molecular weight excluding hydrogens is 409 g/mol. The Morgan fingerprint density at radius 3 is 2.62 bits per heavy atom. The van der Waals surface area contributed by atoms with Gasteiger partial charge in [-0.3, -0.25) is 14.7 Å². The summed E-state index contributed by atoms with van der Waals surface area (Å²) in [4.78, 5) is 21.2. The predicted molar refractivity (Wildman–Crippen MR) is 117 cm³/mol. The van der Waals surface area contributed by atoms with Gasteiger partial charge in [0.15, 0.2) is 0 Å². The quantitative estimate of drug-likeness (QED) is 0.586. The Balaban J connectivity index is 1.62. The average molecular weight is 434 g/mol. The molecule has 0 spiro atoms. The lowest BCUT2D eigenvalue weighted by Crippen LogP contribution is -2.38. The highest BCUT2D eigenvalue weighted by Gasteiger charge is 2.14. The first-order valence-corrected chi connectivity index (χ1v) is 10.5. The Morgan fingerprint density at radius 1 is 1.14 bits per heavy atom. The van der Waals surface area contributed by atoms with Crippen LogP contribution in [0.3, 0.4) is 0 Å². The lowest BCUT2D eigenvalue weighted by Gasteiger charge is -2.28. The van der Waals surface area contributed by atoms with E-state index in [4.69, 9.17) is 27.9 Å². The zero-order chi connectivity index (χ0) is 20.5. The molecule has 3 rings (SSSR count). The number of carbonyl (C=O) groups is 1. The van der Waals surface area contributed by atoms with Gasteiger partial charge in [-0.2, -0.15) is 0 Å². The molecule has 0 radical (unpaired) electrons. The molecule has 1 aliphatic heterocycles. The Kier molecular flexibility index (Phi) is 8.50. The van der Waals surface area contributed by atoms with Gasteiger partial charge >= 0.3 is 0 Å². The molecule has 0 bridgehead atoms. The van der Waals surface area contributed by atoms with E-state index in [2.05, 4.69) is 9.88 Å². The molecule has 2 aromatic rings. The van der Waals surface area contributed by atoms with E-state index in [1.165, 1.54) is 0 Å². The maximum Gasteiger partial charge on any atom is 0.246 e. The monoisotopic (exact) mass is 433 g/mol. The first-order chi connectivity index (χ1) is 14.1. The van der Waals surface area contributed by atoms with Gasteiger partial charge in [0.2, 0.25) is 5.91 Å². The van der Waals surface area contributed by atoms with E-state index in [1.807, 2.05) is 23.1 Å². The van der Waals surface area contributed by atoms with Crippen molar-refractivity contribution in [1.29, 1.82) is 0 Å². The highest BCUT2D eigenvalue weighted by atomic mass is 35.5. The number of hydrogen-bond donors (Lipinski definition) is 0. The maximum absolute atomic E-state index is 12.9. The Morgan fingerprint density at radius 2 is 1.90 bits per heavy atom. The molecule has 1 saturated heterocycles. The van der Waals surface area contributed by atoms with Crippen LogP contribution in [0.25, 0.3) is 6.08 Å². The summed E-state index contributed by atoms with van der Waals surface area (Å²) in [5.74, 6) is -0.0325. The highest BCUT2D eigenvalue weighted by molar-refractivity contribution is 6.42. The van der Waals surface area contributed by atoms with Crippen molar-refractivity contribution >= 4 is 35.2 Å². The summed E-state index contributed by atoms with van der Waals surface area (Å²) in [6, 6.07) is 9.18. The lowest BCUT2D eigenvalue weighted by molar-refractivity contribution is -0.126. The molecule has 1 fully saturated rings. The number of nitrogens with zero attached hydrogens (tertiary/aromatic N) is 3. The standard InChI is InChI=1S/C22H25Cl2N3O2/c23-20-4-2-18(16-21(20)24)3-5-22(28)27(17-19-6-8-25-9-7-19)11-1-10-26-12-14-29-15-13-26/h2-9,16H,1,10-15,17H2/b5-3-. The minimum Gasteiger partial charge on any atom is -0.379 e. The molecule has 0 unspecified atom stereocenters. The molecule has 0 atom stereocenters. The van der Waals surface area contributed by atoms with Crippen molar-refractivity contribution in [3.8, 4) is 0 Å². The zero-order valence-electron chi connectivity index (χ0n) is 16.3. The molecule has 0 aliphatic carbocycles. The van der Waals surface area contributed by atoms with E-state index in [0.717, 1.165) is 50.4 Å². The van der Waals surface area contributed by atoms with Crippen molar-refractivity contribution in [2.24, 2.45) is 0 Å². The van der Waals surface area contributed by atoms with E-state index in [0.29, 0.717) is 23.1 Å². The SMILES string of the molecule is O=C(/C=C\c1ccc(Cl)c(Cl)c1)N(CCCN1CCOCC1)Cc1ccncc1. The Bertz CT molecular complexity index is 824. The summed E-state index contributed by atoms with van der Waals surface area (Å²) < 4.78 is 5.40. The molecule has 1 aromatic heterocycles. The average Bonchev–Trinajstić information content (AvgIpc) is 2.75. The molecule has 1 aliphatic rings. The van der Waals surface area contributed by atoms with E-state index >= 15 is 0 Å². The van der Waals surface area contributed by atoms with E-state index in [9.17, 15) is 4.79 Å². The van der Waals surface area contributed by atoms with Crippen LogP contribution in [-0.2, 0) is 16.1 Å². The number of hydrogen-bond acceptors (Lipinski definition) is 4. The van der Waals surface area contributed by atoms with E-state index in [1.54, 1.807) is 36.7 Å². The number of rotatable bonds is 8. The molecule has 1 amide bonds. The van der Waals surface area contributed by atoms with Crippen LogP contribution in [0.15, 0.2) is 48.8 Å². The Labute approximate surface area is 181 Å². The number of halogens is 2. The van der Waals surface area contributed by atoms with E-state index < -0.39 is 0 Å². The van der Waals surface area contributed by atoms with Crippen molar-refractivity contribution in [2.75, 3.05) is 39.4 Å². The van der Waals surface area contributed by atoms with Crippen molar-refractivity contribution < 1.29 is 9.53 Å². The Hall–Kier alpha value is -1.92. The van der Waals surface area contributed by atoms with E-state index in [-0.39, 0.29) is 5.91 Å². The second-order valence-electron chi connectivity index (χ2n) is 6.93. The van der Waals surface area contributed by atoms with Crippen LogP contribution >= 0.6 is 23.2 Å². The van der Waals surface area contributed by atoms with Gasteiger partial charge < -0.3 is 9.64 Å². The van der Waals surface area contributed by atoms with Crippen molar-refractivity contribution in [3.63, 3.8) is 0 Å². The zero-order valence-corrected chi connectivity index (χ0v) is 17.8. The molecular formula is C22H25Cl2N3O2. The number of carbonyl (C=O) groups excluding carboxylic acids is 1. The molecule has 29 heavy (non-hydrogen) atoms. The number of amides is 1. The van der Waals surface area contributed by atoms with Gasteiger partial charge in [-0.1, -0.05) is 29.3 Å². The summed E-state index contributed by atoms with van der Waals surface area (Å²) in [6.45, 7) is 5.67. The van der Waals surface area contributed by atoms with Crippen LogP contribution in [0, 0.1) is 0 Å². The van der Waals surface area contributed by atoms with Crippen molar-refractivity contribution in [3.05, 3.63) is 70.0 Å². The fraction of sp³-hybridized carbons (Fsp3) is 0.364. The smallest absolute Gasteiger partial charge is 0.246 e. The summed E-state index contributed by atoms with van der Waals surface area (Å²) >= 11 is 12.0. The molecule has 1 aromatic carbocycles. The highest BCUT2D eigenvalue weighted by Crippen LogP contribution is 2.23. The van der Waals surface area contributed by atoms with Crippen LogP contribution < -0.4 is 0 Å². The minimum atomic E-state index is -0.0325. The van der Waals surface area contributed by atoms with Gasteiger partial charge in [-0.15, -0.1) is 0 Å². The lowest BCUT2D eigenvalue weighted by atomic mass is 10.2. The van der Waals surface area contributed by atoms with Crippen LogP contribution in [0.5, 0.6) is 0 Å². The van der Waals surface area contributed by atoms with Gasteiger partial charge in [0, 0.05) is 51.2 Å². The molecule has 2 heterocycles. The van der Waals surface area contributed by atoms with Gasteiger partial charge in [0.05, 0.1) is 23.3 Å². The third kappa shape index (κ3) is 7.12. The normalized spacial score (nSPS) is 15.0. The third-order valence-electron chi connectivity index (χ3n) is 4.80. The third-order valence-corrected chi connectivity index (χ3v) is 5.54. The summed E-state index contributed by atoms with van der Waals surface area (Å²) in [5, 5.41) is 0.970. The first kappa shape index (κ1) is 21.8. The second kappa shape index (κ2) is 11.3. The summed E-state index contributed by atoms with van der Waals surface area (Å²) in [7, 11) is 0.